The molecule has 2 fully saturated rings. The van der Waals surface area contributed by atoms with Crippen molar-refractivity contribution in [1.82, 2.24) is 9.88 Å². The van der Waals surface area contributed by atoms with E-state index in [9.17, 15) is 5.11 Å². The first-order valence-electron chi connectivity index (χ1n) is 8.22. The molecule has 0 unspecified atom stereocenters. The molecule has 2 atom stereocenters. The molecule has 0 spiro atoms. The van der Waals surface area contributed by atoms with Crippen LogP contribution in [0, 0.1) is 11.3 Å². The van der Waals surface area contributed by atoms with Gasteiger partial charge in [0.15, 0.2) is 0 Å². The first-order valence-corrected chi connectivity index (χ1v) is 9.04. The summed E-state index contributed by atoms with van der Waals surface area (Å²) < 4.78 is 10.9. The molecule has 2 aromatic rings. The molecule has 1 aromatic carbocycles. The number of hydrogen-bond acceptors (Lipinski definition) is 6. The molecule has 128 valence electrons. The minimum atomic E-state index is -0.0552. The standard InChI is InChI=1S/C18H22N2O3S/c1-22-15-4-2-3-13(5-15)17-19-6-16(24-17)8-20-7-14-9-23-12-18(14,10-20)11-21/h2-6,14,21H,7-12H2,1H3/t14-,18-/m0/s1. The van der Waals surface area contributed by atoms with Gasteiger partial charge in [0.2, 0.25) is 0 Å². The summed E-state index contributed by atoms with van der Waals surface area (Å²) in [6.07, 6.45) is 1.97. The maximum atomic E-state index is 9.78. The molecule has 1 aromatic heterocycles. The SMILES string of the molecule is COc1cccc(-c2ncc(CN3C[C@H]4COC[C@@]4(CO)C3)s2)c1. The third kappa shape index (κ3) is 2.84. The first-order chi connectivity index (χ1) is 11.7. The average molecular weight is 346 g/mol. The fourth-order valence-electron chi connectivity index (χ4n) is 3.78. The van der Waals surface area contributed by atoms with Crippen molar-refractivity contribution in [2.75, 3.05) is 40.0 Å². The van der Waals surface area contributed by atoms with Gasteiger partial charge < -0.3 is 14.6 Å². The van der Waals surface area contributed by atoms with Gasteiger partial charge in [-0.25, -0.2) is 4.98 Å². The third-order valence-electron chi connectivity index (χ3n) is 5.16. The summed E-state index contributed by atoms with van der Waals surface area (Å²) in [4.78, 5) is 8.25. The molecular formula is C18H22N2O3S. The van der Waals surface area contributed by atoms with Crippen LogP contribution < -0.4 is 4.74 Å². The second kappa shape index (κ2) is 6.44. The van der Waals surface area contributed by atoms with E-state index in [1.165, 1.54) is 4.88 Å². The summed E-state index contributed by atoms with van der Waals surface area (Å²) in [5.41, 5.74) is 1.03. The molecule has 6 heteroatoms. The lowest BCUT2D eigenvalue weighted by atomic mass is 9.82. The number of nitrogens with zero attached hydrogens (tertiary/aromatic N) is 2. The van der Waals surface area contributed by atoms with Gasteiger partial charge in [0.25, 0.3) is 0 Å². The minimum Gasteiger partial charge on any atom is -0.497 e. The third-order valence-corrected chi connectivity index (χ3v) is 6.19. The first kappa shape index (κ1) is 16.0. The lowest BCUT2D eigenvalue weighted by Crippen LogP contribution is -2.34. The Morgan fingerprint density at radius 1 is 1.50 bits per heavy atom. The van der Waals surface area contributed by atoms with Crippen molar-refractivity contribution in [2.45, 2.75) is 6.54 Å². The Hall–Kier alpha value is -1.47. The summed E-state index contributed by atoms with van der Waals surface area (Å²) >= 11 is 1.72. The molecule has 3 heterocycles. The molecule has 24 heavy (non-hydrogen) atoms. The van der Waals surface area contributed by atoms with Gasteiger partial charge in [-0.05, 0) is 12.1 Å². The van der Waals surface area contributed by atoms with Gasteiger partial charge in [0, 0.05) is 47.6 Å². The second-order valence-electron chi connectivity index (χ2n) is 6.77. The predicted octanol–water partition coefficient (Wildman–Crippen LogP) is 2.26. The highest BCUT2D eigenvalue weighted by molar-refractivity contribution is 7.15. The monoisotopic (exact) mass is 346 g/mol. The van der Waals surface area contributed by atoms with Gasteiger partial charge >= 0.3 is 0 Å². The van der Waals surface area contributed by atoms with E-state index in [4.69, 9.17) is 9.47 Å². The minimum absolute atomic E-state index is 0.0552. The van der Waals surface area contributed by atoms with Crippen LogP contribution in [0.4, 0.5) is 0 Å². The molecule has 1 N–H and O–H groups in total. The van der Waals surface area contributed by atoms with Crippen LogP contribution in [0.25, 0.3) is 10.6 Å². The topological polar surface area (TPSA) is 54.8 Å². The number of aliphatic hydroxyl groups excluding tert-OH is 1. The van der Waals surface area contributed by atoms with E-state index in [1.54, 1.807) is 18.4 Å². The summed E-state index contributed by atoms with van der Waals surface area (Å²) in [5.74, 6) is 1.30. The highest BCUT2D eigenvalue weighted by Crippen LogP contribution is 2.41. The average Bonchev–Trinajstić information content (AvgIpc) is 3.29. The summed E-state index contributed by atoms with van der Waals surface area (Å²) in [7, 11) is 1.68. The summed E-state index contributed by atoms with van der Waals surface area (Å²) in [5, 5.41) is 10.8. The van der Waals surface area contributed by atoms with E-state index in [0.717, 1.165) is 42.6 Å². The molecule has 0 radical (unpaired) electrons. The van der Waals surface area contributed by atoms with E-state index >= 15 is 0 Å². The number of aliphatic hydroxyl groups is 1. The van der Waals surface area contributed by atoms with Gasteiger partial charge in [-0.3, -0.25) is 4.90 Å². The Balaban J connectivity index is 1.46. The molecular weight excluding hydrogens is 324 g/mol. The number of aromatic nitrogens is 1. The number of ether oxygens (including phenoxy) is 2. The summed E-state index contributed by atoms with van der Waals surface area (Å²) in [6, 6.07) is 8.00. The molecule has 0 saturated carbocycles. The van der Waals surface area contributed by atoms with Gasteiger partial charge in [-0.15, -0.1) is 11.3 Å². The zero-order chi connectivity index (χ0) is 16.6. The van der Waals surface area contributed by atoms with Gasteiger partial charge in [-0.2, -0.15) is 0 Å². The molecule has 0 amide bonds. The van der Waals surface area contributed by atoms with Crippen LogP contribution in [-0.4, -0.2) is 55.0 Å². The number of likely N-dealkylation sites (tertiary alicyclic amines) is 1. The van der Waals surface area contributed by atoms with Crippen molar-refractivity contribution in [3.63, 3.8) is 0 Å². The summed E-state index contributed by atoms with van der Waals surface area (Å²) in [6.45, 7) is 4.45. The number of hydrogen-bond donors (Lipinski definition) is 1. The Morgan fingerprint density at radius 3 is 3.21 bits per heavy atom. The van der Waals surface area contributed by atoms with Crippen molar-refractivity contribution in [2.24, 2.45) is 11.3 Å². The van der Waals surface area contributed by atoms with Crippen molar-refractivity contribution >= 4 is 11.3 Å². The number of rotatable bonds is 5. The van der Waals surface area contributed by atoms with E-state index in [1.807, 2.05) is 24.4 Å². The van der Waals surface area contributed by atoms with E-state index < -0.39 is 0 Å². The van der Waals surface area contributed by atoms with E-state index in [2.05, 4.69) is 16.0 Å². The van der Waals surface area contributed by atoms with Gasteiger partial charge in [-0.1, -0.05) is 12.1 Å². The van der Waals surface area contributed by atoms with Crippen LogP contribution in [0.3, 0.4) is 0 Å². The number of methoxy groups -OCH3 is 1. The normalized spacial score (nSPS) is 26.7. The molecule has 5 nitrogen and oxygen atoms in total. The number of fused-ring (bicyclic) bond motifs is 1. The largest absolute Gasteiger partial charge is 0.497 e. The smallest absolute Gasteiger partial charge is 0.123 e. The van der Waals surface area contributed by atoms with Crippen molar-refractivity contribution in [3.8, 4) is 16.3 Å². The second-order valence-corrected chi connectivity index (χ2v) is 7.88. The Morgan fingerprint density at radius 2 is 2.42 bits per heavy atom. The van der Waals surface area contributed by atoms with Crippen molar-refractivity contribution in [1.29, 1.82) is 0 Å². The van der Waals surface area contributed by atoms with E-state index in [0.29, 0.717) is 12.5 Å². The fraction of sp³-hybridized carbons (Fsp3) is 0.500. The molecule has 2 saturated heterocycles. The lowest BCUT2D eigenvalue weighted by molar-refractivity contribution is 0.0804. The zero-order valence-corrected chi connectivity index (χ0v) is 14.6. The van der Waals surface area contributed by atoms with Crippen LogP contribution in [0.2, 0.25) is 0 Å². The highest BCUT2D eigenvalue weighted by Gasteiger charge is 2.50. The predicted molar refractivity (Wildman–Crippen MR) is 93.2 cm³/mol. The van der Waals surface area contributed by atoms with Gasteiger partial charge in [0.1, 0.15) is 10.8 Å². The maximum absolute atomic E-state index is 9.78. The molecule has 0 bridgehead atoms. The Kier molecular flexibility index (Phi) is 4.30. The van der Waals surface area contributed by atoms with Crippen LogP contribution in [-0.2, 0) is 11.3 Å². The van der Waals surface area contributed by atoms with Crippen LogP contribution in [0.1, 0.15) is 4.88 Å². The van der Waals surface area contributed by atoms with Crippen molar-refractivity contribution < 1.29 is 14.6 Å². The Labute approximate surface area is 145 Å². The molecule has 2 aliphatic heterocycles. The quantitative estimate of drug-likeness (QED) is 0.900. The van der Waals surface area contributed by atoms with Crippen LogP contribution >= 0.6 is 11.3 Å². The Bertz CT molecular complexity index is 720. The van der Waals surface area contributed by atoms with Crippen LogP contribution in [0.15, 0.2) is 30.5 Å². The molecule has 2 aliphatic rings. The van der Waals surface area contributed by atoms with Gasteiger partial charge in [0.05, 0.1) is 26.9 Å². The number of benzene rings is 1. The highest BCUT2D eigenvalue weighted by atomic mass is 32.1. The molecule has 4 rings (SSSR count). The molecule has 0 aliphatic carbocycles. The maximum Gasteiger partial charge on any atom is 0.123 e. The van der Waals surface area contributed by atoms with E-state index in [-0.39, 0.29) is 12.0 Å². The lowest BCUT2D eigenvalue weighted by Gasteiger charge is -2.24. The zero-order valence-electron chi connectivity index (χ0n) is 13.8. The van der Waals surface area contributed by atoms with Crippen molar-refractivity contribution in [3.05, 3.63) is 35.3 Å². The number of thiazole rings is 1. The fourth-order valence-corrected chi connectivity index (χ4v) is 4.73. The van der Waals surface area contributed by atoms with Crippen LogP contribution in [0.5, 0.6) is 5.75 Å².